The van der Waals surface area contributed by atoms with Crippen LogP contribution in [0.5, 0.6) is 0 Å². The van der Waals surface area contributed by atoms with Crippen LogP contribution < -0.4 is 10.2 Å². The molecule has 0 spiro atoms. The van der Waals surface area contributed by atoms with Crippen LogP contribution in [0.4, 0.5) is 17.1 Å². The van der Waals surface area contributed by atoms with E-state index < -0.39 is 4.92 Å². The molecule has 0 aromatic heterocycles. The first kappa shape index (κ1) is 20.1. The molecule has 1 fully saturated rings. The minimum absolute atomic E-state index is 0.107. The first-order chi connectivity index (χ1) is 13.4. The highest BCUT2D eigenvalue weighted by atomic mass is 35.5. The summed E-state index contributed by atoms with van der Waals surface area (Å²) in [6.07, 6.45) is 0. The van der Waals surface area contributed by atoms with Crippen molar-refractivity contribution in [3.05, 3.63) is 63.2 Å². The van der Waals surface area contributed by atoms with Gasteiger partial charge in [-0.15, -0.1) is 0 Å². The Balaban J connectivity index is 1.62. The van der Waals surface area contributed by atoms with Gasteiger partial charge in [0.1, 0.15) is 5.69 Å². The second-order valence-corrected chi connectivity index (χ2v) is 7.33. The number of para-hydroxylation sites is 2. The van der Waals surface area contributed by atoms with Crippen LogP contribution in [-0.2, 0) is 4.79 Å². The van der Waals surface area contributed by atoms with Gasteiger partial charge in [0.05, 0.1) is 11.0 Å². The predicted molar refractivity (Wildman–Crippen MR) is 111 cm³/mol. The summed E-state index contributed by atoms with van der Waals surface area (Å²) < 4.78 is 0. The zero-order valence-electron chi connectivity index (χ0n) is 15.9. The lowest BCUT2D eigenvalue weighted by Gasteiger charge is -2.39. The van der Waals surface area contributed by atoms with Crippen molar-refractivity contribution in [2.75, 3.05) is 36.4 Å². The molecule has 1 aliphatic rings. The summed E-state index contributed by atoms with van der Waals surface area (Å²) in [7, 11) is 0. The number of aryl methyl sites for hydroxylation is 1. The molecule has 2 aromatic rings. The fourth-order valence-electron chi connectivity index (χ4n) is 3.41. The molecule has 148 valence electrons. The fourth-order valence-corrected chi connectivity index (χ4v) is 3.58. The maximum absolute atomic E-state index is 12.6. The van der Waals surface area contributed by atoms with Crippen molar-refractivity contribution in [2.24, 2.45) is 0 Å². The highest BCUT2D eigenvalue weighted by Crippen LogP contribution is 2.26. The molecule has 1 N–H and O–H groups in total. The summed E-state index contributed by atoms with van der Waals surface area (Å²) in [4.78, 5) is 27.6. The Morgan fingerprint density at radius 3 is 2.54 bits per heavy atom. The van der Waals surface area contributed by atoms with E-state index in [1.54, 1.807) is 18.2 Å². The molecule has 0 bridgehead atoms. The molecule has 8 heteroatoms. The molecule has 1 atom stereocenters. The molecule has 0 aliphatic carbocycles. The number of amides is 1. The van der Waals surface area contributed by atoms with Crippen LogP contribution in [0.15, 0.2) is 42.5 Å². The third-order valence-electron chi connectivity index (χ3n) is 5.11. The van der Waals surface area contributed by atoms with Crippen LogP contribution in [-0.4, -0.2) is 48.0 Å². The number of rotatable bonds is 5. The maximum Gasteiger partial charge on any atom is 0.292 e. The van der Waals surface area contributed by atoms with Gasteiger partial charge in [-0.3, -0.25) is 19.8 Å². The molecule has 0 saturated carbocycles. The zero-order chi connectivity index (χ0) is 20.3. The Morgan fingerprint density at radius 1 is 1.18 bits per heavy atom. The molecule has 1 saturated heterocycles. The molecule has 7 nitrogen and oxygen atoms in total. The van der Waals surface area contributed by atoms with Crippen molar-refractivity contribution >= 4 is 34.6 Å². The number of nitro benzene ring substituents is 1. The van der Waals surface area contributed by atoms with Crippen molar-refractivity contribution < 1.29 is 9.72 Å². The molecule has 0 unspecified atom stereocenters. The van der Waals surface area contributed by atoms with E-state index in [-0.39, 0.29) is 23.3 Å². The summed E-state index contributed by atoms with van der Waals surface area (Å²) in [6.45, 7) is 6.88. The number of carbonyl (C=O) groups is 1. The Kier molecular flexibility index (Phi) is 6.16. The number of carbonyl (C=O) groups excluding carboxylic acids is 1. The lowest BCUT2D eigenvalue weighted by molar-refractivity contribution is -0.383. The van der Waals surface area contributed by atoms with Crippen LogP contribution >= 0.6 is 11.6 Å². The average Bonchev–Trinajstić information content (AvgIpc) is 2.69. The van der Waals surface area contributed by atoms with Crippen LogP contribution in [0.3, 0.4) is 0 Å². The first-order valence-corrected chi connectivity index (χ1v) is 9.54. The van der Waals surface area contributed by atoms with Gasteiger partial charge in [-0.05, 0) is 37.6 Å². The molecular formula is C20H23ClN4O3. The number of benzene rings is 2. The minimum Gasteiger partial charge on any atom is -0.369 e. The van der Waals surface area contributed by atoms with Crippen molar-refractivity contribution in [1.82, 2.24) is 4.90 Å². The third-order valence-corrected chi connectivity index (χ3v) is 5.35. The van der Waals surface area contributed by atoms with Gasteiger partial charge < -0.3 is 10.2 Å². The van der Waals surface area contributed by atoms with Gasteiger partial charge in [-0.1, -0.05) is 29.8 Å². The van der Waals surface area contributed by atoms with Gasteiger partial charge in [0.15, 0.2) is 0 Å². The lowest BCUT2D eigenvalue weighted by Crippen LogP contribution is -2.53. The summed E-state index contributed by atoms with van der Waals surface area (Å²) in [6, 6.07) is 11.6. The van der Waals surface area contributed by atoms with E-state index >= 15 is 0 Å². The van der Waals surface area contributed by atoms with Gasteiger partial charge in [0, 0.05) is 43.0 Å². The van der Waals surface area contributed by atoms with Crippen LogP contribution in [0.1, 0.15) is 12.5 Å². The standard InChI is InChI=1S/C20H23ClN4O3/c1-14-7-8-16(21)13-19(14)24-11-9-23(10-12-24)15(2)20(26)22-17-5-3-4-6-18(17)25(27)28/h3-8,13,15H,9-12H2,1-2H3,(H,22,26)/t15-/m0/s1. The van der Waals surface area contributed by atoms with Crippen LogP contribution in [0, 0.1) is 17.0 Å². The highest BCUT2D eigenvalue weighted by Gasteiger charge is 2.27. The second kappa shape index (κ2) is 8.58. The first-order valence-electron chi connectivity index (χ1n) is 9.16. The molecule has 1 heterocycles. The minimum atomic E-state index is -0.494. The van der Waals surface area contributed by atoms with E-state index in [0.717, 1.165) is 31.9 Å². The Hall–Kier alpha value is -2.64. The number of anilines is 2. The van der Waals surface area contributed by atoms with E-state index in [4.69, 9.17) is 11.6 Å². The second-order valence-electron chi connectivity index (χ2n) is 6.89. The van der Waals surface area contributed by atoms with Gasteiger partial charge >= 0.3 is 0 Å². The van der Waals surface area contributed by atoms with Crippen LogP contribution in [0.25, 0.3) is 0 Å². The Labute approximate surface area is 169 Å². The van der Waals surface area contributed by atoms with Crippen molar-refractivity contribution in [3.63, 3.8) is 0 Å². The molecule has 28 heavy (non-hydrogen) atoms. The number of piperazine rings is 1. The van der Waals surface area contributed by atoms with Gasteiger partial charge in [-0.2, -0.15) is 0 Å². The Morgan fingerprint density at radius 2 is 1.86 bits per heavy atom. The monoisotopic (exact) mass is 402 g/mol. The van der Waals surface area contributed by atoms with Gasteiger partial charge in [0.25, 0.3) is 5.69 Å². The van der Waals surface area contributed by atoms with Gasteiger partial charge in [0.2, 0.25) is 5.91 Å². The molecule has 1 aliphatic heterocycles. The number of hydrogen-bond acceptors (Lipinski definition) is 5. The van der Waals surface area contributed by atoms with Gasteiger partial charge in [-0.25, -0.2) is 0 Å². The van der Waals surface area contributed by atoms with E-state index in [1.165, 1.54) is 11.6 Å². The van der Waals surface area contributed by atoms with E-state index in [2.05, 4.69) is 22.0 Å². The largest absolute Gasteiger partial charge is 0.369 e. The third kappa shape index (κ3) is 4.43. The number of nitrogens with one attached hydrogen (secondary N) is 1. The SMILES string of the molecule is Cc1ccc(Cl)cc1N1CCN([C@@H](C)C(=O)Nc2ccccc2[N+](=O)[O-])CC1. The molecule has 1 amide bonds. The lowest BCUT2D eigenvalue weighted by atomic mass is 10.1. The molecule has 3 rings (SSSR count). The van der Waals surface area contributed by atoms with Crippen molar-refractivity contribution in [2.45, 2.75) is 19.9 Å². The van der Waals surface area contributed by atoms with E-state index in [1.807, 2.05) is 25.1 Å². The summed E-state index contributed by atoms with van der Waals surface area (Å²) in [5.74, 6) is -0.248. The van der Waals surface area contributed by atoms with Crippen molar-refractivity contribution in [3.8, 4) is 0 Å². The predicted octanol–water partition coefficient (Wildman–Crippen LogP) is 3.71. The van der Waals surface area contributed by atoms with Crippen LogP contribution in [0.2, 0.25) is 5.02 Å². The topological polar surface area (TPSA) is 78.7 Å². The fraction of sp³-hybridized carbons (Fsp3) is 0.350. The maximum atomic E-state index is 12.6. The highest BCUT2D eigenvalue weighted by molar-refractivity contribution is 6.30. The summed E-state index contributed by atoms with van der Waals surface area (Å²) in [5, 5.41) is 14.5. The zero-order valence-corrected chi connectivity index (χ0v) is 16.6. The Bertz CT molecular complexity index is 882. The quantitative estimate of drug-likeness (QED) is 0.609. The normalized spacial score (nSPS) is 15.9. The number of nitrogens with zero attached hydrogens (tertiary/aromatic N) is 3. The smallest absolute Gasteiger partial charge is 0.292 e. The van der Waals surface area contributed by atoms with E-state index in [9.17, 15) is 14.9 Å². The summed E-state index contributed by atoms with van der Waals surface area (Å²) in [5.41, 5.74) is 2.39. The van der Waals surface area contributed by atoms with E-state index in [0.29, 0.717) is 5.02 Å². The number of hydrogen-bond donors (Lipinski definition) is 1. The summed E-state index contributed by atoms with van der Waals surface area (Å²) >= 11 is 6.13. The molecule has 0 radical (unpaired) electrons. The molecule has 2 aromatic carbocycles. The number of halogens is 1. The molecular weight excluding hydrogens is 380 g/mol. The van der Waals surface area contributed by atoms with Crippen molar-refractivity contribution in [1.29, 1.82) is 0 Å². The number of nitro groups is 1. The average molecular weight is 403 g/mol.